The molecule has 0 aliphatic rings. The summed E-state index contributed by atoms with van der Waals surface area (Å²) in [4.78, 5) is 8.47. The van der Waals surface area contributed by atoms with E-state index in [-0.39, 0.29) is 0 Å². The highest BCUT2D eigenvalue weighted by molar-refractivity contribution is 5.63. The number of aromatic nitrogens is 3. The number of fused-ring (bicyclic) bond motifs is 1. The Morgan fingerprint density at radius 1 is 1.29 bits per heavy atom. The van der Waals surface area contributed by atoms with E-state index in [0.717, 1.165) is 16.9 Å². The Bertz CT molecular complexity index is 688. The summed E-state index contributed by atoms with van der Waals surface area (Å²) in [6.07, 6.45) is 7.19. The van der Waals surface area contributed by atoms with Crippen LogP contribution in [0.1, 0.15) is 5.56 Å². The summed E-state index contributed by atoms with van der Waals surface area (Å²) in [6, 6.07) is 9.53. The van der Waals surface area contributed by atoms with E-state index < -0.39 is 0 Å². The maximum absolute atomic E-state index is 8.86. The lowest BCUT2D eigenvalue weighted by Gasteiger charge is -1.95. The Hall–Kier alpha value is -2.67. The monoisotopic (exact) mass is 220 g/mol. The van der Waals surface area contributed by atoms with Crippen LogP contribution < -0.4 is 0 Å². The molecule has 17 heavy (non-hydrogen) atoms. The van der Waals surface area contributed by atoms with Crippen molar-refractivity contribution in [1.29, 1.82) is 5.26 Å². The van der Waals surface area contributed by atoms with E-state index in [1.54, 1.807) is 18.5 Å². The third-order valence-electron chi connectivity index (χ3n) is 2.55. The van der Waals surface area contributed by atoms with Crippen molar-refractivity contribution < 1.29 is 0 Å². The summed E-state index contributed by atoms with van der Waals surface area (Å²) in [5.74, 6) is 0. The van der Waals surface area contributed by atoms with E-state index in [1.165, 1.54) is 0 Å². The number of rotatable bonds is 1. The molecule has 3 aromatic rings. The normalized spacial score (nSPS) is 10.3. The second-order valence-electron chi connectivity index (χ2n) is 3.66. The van der Waals surface area contributed by atoms with Crippen molar-refractivity contribution in [2.45, 2.75) is 0 Å². The van der Waals surface area contributed by atoms with Crippen molar-refractivity contribution in [2.24, 2.45) is 0 Å². The summed E-state index contributed by atoms with van der Waals surface area (Å²) in [6.45, 7) is 0. The van der Waals surface area contributed by atoms with Crippen LogP contribution in [0.2, 0.25) is 0 Å². The summed E-state index contributed by atoms with van der Waals surface area (Å²) in [7, 11) is 0. The SMILES string of the molecule is N#Cc1cccc(-c2cn3ccncc3n2)c1. The fourth-order valence-electron chi connectivity index (χ4n) is 1.73. The number of nitrogens with zero attached hydrogens (tertiary/aromatic N) is 4. The molecule has 1 aromatic carbocycles. The van der Waals surface area contributed by atoms with Gasteiger partial charge in [0.25, 0.3) is 0 Å². The zero-order chi connectivity index (χ0) is 11.7. The lowest BCUT2D eigenvalue weighted by atomic mass is 10.1. The molecular formula is C13H8N4. The third-order valence-corrected chi connectivity index (χ3v) is 2.55. The topological polar surface area (TPSA) is 54.0 Å². The number of nitriles is 1. The molecule has 4 nitrogen and oxygen atoms in total. The van der Waals surface area contributed by atoms with Crippen LogP contribution in [0.4, 0.5) is 0 Å². The molecular weight excluding hydrogens is 212 g/mol. The lowest BCUT2D eigenvalue weighted by molar-refractivity contribution is 1.13. The number of imidazole rings is 1. The number of benzene rings is 1. The molecule has 0 spiro atoms. The maximum Gasteiger partial charge on any atom is 0.155 e. The number of hydrogen-bond acceptors (Lipinski definition) is 3. The van der Waals surface area contributed by atoms with E-state index >= 15 is 0 Å². The molecule has 0 bridgehead atoms. The van der Waals surface area contributed by atoms with E-state index in [1.807, 2.05) is 35.0 Å². The van der Waals surface area contributed by atoms with Gasteiger partial charge in [0, 0.05) is 24.2 Å². The number of hydrogen-bond donors (Lipinski definition) is 0. The zero-order valence-corrected chi connectivity index (χ0v) is 8.91. The Morgan fingerprint density at radius 2 is 2.24 bits per heavy atom. The van der Waals surface area contributed by atoms with Gasteiger partial charge in [-0.25, -0.2) is 4.98 Å². The molecule has 0 N–H and O–H groups in total. The van der Waals surface area contributed by atoms with Gasteiger partial charge in [0.15, 0.2) is 5.65 Å². The second-order valence-corrected chi connectivity index (χ2v) is 3.66. The Balaban J connectivity index is 2.17. The van der Waals surface area contributed by atoms with E-state index in [4.69, 9.17) is 5.26 Å². The molecule has 0 fully saturated rings. The first kappa shape index (κ1) is 9.55. The van der Waals surface area contributed by atoms with Gasteiger partial charge < -0.3 is 4.40 Å². The molecule has 0 saturated carbocycles. The molecule has 2 aromatic heterocycles. The van der Waals surface area contributed by atoms with Gasteiger partial charge in [-0.1, -0.05) is 12.1 Å². The van der Waals surface area contributed by atoms with Crippen LogP contribution in [0, 0.1) is 11.3 Å². The van der Waals surface area contributed by atoms with E-state index in [9.17, 15) is 0 Å². The fourth-order valence-corrected chi connectivity index (χ4v) is 1.73. The van der Waals surface area contributed by atoms with E-state index in [2.05, 4.69) is 16.0 Å². The smallest absolute Gasteiger partial charge is 0.155 e. The van der Waals surface area contributed by atoms with Crippen molar-refractivity contribution in [3.8, 4) is 17.3 Å². The first-order valence-electron chi connectivity index (χ1n) is 5.16. The molecule has 0 unspecified atom stereocenters. The minimum absolute atomic E-state index is 0.637. The molecule has 0 saturated heterocycles. The van der Waals surface area contributed by atoms with Crippen LogP contribution in [0.15, 0.2) is 49.1 Å². The largest absolute Gasteiger partial charge is 0.304 e. The first-order chi connectivity index (χ1) is 8.36. The second kappa shape index (κ2) is 3.72. The van der Waals surface area contributed by atoms with Crippen molar-refractivity contribution >= 4 is 5.65 Å². The van der Waals surface area contributed by atoms with Crippen LogP contribution in [-0.2, 0) is 0 Å². The minimum Gasteiger partial charge on any atom is -0.304 e. The van der Waals surface area contributed by atoms with Gasteiger partial charge in [0.1, 0.15) is 0 Å². The molecule has 0 aliphatic heterocycles. The predicted octanol–water partition coefficient (Wildman–Crippen LogP) is 2.27. The zero-order valence-electron chi connectivity index (χ0n) is 8.91. The summed E-state index contributed by atoms with van der Waals surface area (Å²) in [5.41, 5.74) is 3.21. The lowest BCUT2D eigenvalue weighted by Crippen LogP contribution is -1.81. The Kier molecular flexibility index (Phi) is 2.09. The minimum atomic E-state index is 0.637. The van der Waals surface area contributed by atoms with Crippen molar-refractivity contribution in [1.82, 2.24) is 14.4 Å². The first-order valence-corrected chi connectivity index (χ1v) is 5.16. The predicted molar refractivity (Wildman–Crippen MR) is 63.1 cm³/mol. The van der Waals surface area contributed by atoms with Gasteiger partial charge in [-0.05, 0) is 12.1 Å². The van der Waals surface area contributed by atoms with Gasteiger partial charge in [-0.15, -0.1) is 0 Å². The van der Waals surface area contributed by atoms with Crippen molar-refractivity contribution in [3.63, 3.8) is 0 Å². The van der Waals surface area contributed by atoms with Crippen molar-refractivity contribution in [3.05, 3.63) is 54.6 Å². The molecule has 0 aliphatic carbocycles. The molecule has 0 amide bonds. The van der Waals surface area contributed by atoms with Crippen LogP contribution in [0.3, 0.4) is 0 Å². The summed E-state index contributed by atoms with van der Waals surface area (Å²) in [5, 5.41) is 8.86. The Morgan fingerprint density at radius 3 is 3.06 bits per heavy atom. The molecule has 0 atom stereocenters. The van der Waals surface area contributed by atoms with Gasteiger partial charge in [0.2, 0.25) is 0 Å². The average Bonchev–Trinajstić information content (AvgIpc) is 2.82. The van der Waals surface area contributed by atoms with Crippen LogP contribution >= 0.6 is 0 Å². The molecule has 4 heteroatoms. The highest BCUT2D eigenvalue weighted by atomic mass is 15.0. The third kappa shape index (κ3) is 1.64. The average molecular weight is 220 g/mol. The van der Waals surface area contributed by atoms with Crippen LogP contribution in [0.5, 0.6) is 0 Å². The standard InChI is InChI=1S/C13H8N4/c14-7-10-2-1-3-11(6-10)12-9-17-5-4-15-8-13(17)16-12/h1-6,8-9H. The molecule has 2 heterocycles. The van der Waals surface area contributed by atoms with Gasteiger partial charge >= 0.3 is 0 Å². The van der Waals surface area contributed by atoms with Crippen molar-refractivity contribution in [2.75, 3.05) is 0 Å². The van der Waals surface area contributed by atoms with E-state index in [0.29, 0.717) is 5.56 Å². The van der Waals surface area contributed by atoms with Crippen LogP contribution in [-0.4, -0.2) is 14.4 Å². The highest BCUT2D eigenvalue weighted by Gasteiger charge is 2.04. The van der Waals surface area contributed by atoms with Gasteiger partial charge in [-0.3, -0.25) is 4.98 Å². The Labute approximate surface area is 97.8 Å². The molecule has 80 valence electrons. The van der Waals surface area contributed by atoms with Crippen LogP contribution in [0.25, 0.3) is 16.9 Å². The maximum atomic E-state index is 8.86. The van der Waals surface area contributed by atoms with Gasteiger partial charge in [-0.2, -0.15) is 5.26 Å². The van der Waals surface area contributed by atoms with Gasteiger partial charge in [0.05, 0.1) is 23.5 Å². The molecule has 3 rings (SSSR count). The molecule has 0 radical (unpaired) electrons. The summed E-state index contributed by atoms with van der Waals surface area (Å²) < 4.78 is 1.90. The quantitative estimate of drug-likeness (QED) is 0.632. The highest BCUT2D eigenvalue weighted by Crippen LogP contribution is 2.19. The fraction of sp³-hybridized carbons (Fsp3) is 0. The summed E-state index contributed by atoms with van der Waals surface area (Å²) >= 11 is 0.